The number of carbonyl (C=O) groups is 1. The van der Waals surface area contributed by atoms with Crippen LogP contribution in [0.5, 0.6) is 0 Å². The molecular formula is C8H16N2O2S. The summed E-state index contributed by atoms with van der Waals surface area (Å²) in [5, 5.41) is 2.35. The Balaban J connectivity index is 4.10. The zero-order valence-corrected chi connectivity index (χ0v) is 8.98. The van der Waals surface area contributed by atoms with E-state index >= 15 is 0 Å². The highest BCUT2D eigenvalue weighted by atomic mass is 32.1. The molecule has 0 spiro atoms. The Kier molecular flexibility index (Phi) is 5.37. The molecule has 0 unspecified atom stereocenters. The van der Waals surface area contributed by atoms with Crippen molar-refractivity contribution >= 4 is 23.3 Å². The summed E-state index contributed by atoms with van der Waals surface area (Å²) in [7, 11) is 1.49. The first-order valence-electron chi connectivity index (χ1n) is 4.15. The lowest BCUT2D eigenvalue weighted by atomic mass is 10.1. The van der Waals surface area contributed by atoms with Gasteiger partial charge in [0.25, 0.3) is 0 Å². The summed E-state index contributed by atoms with van der Waals surface area (Å²) in [6.45, 7) is 4.02. The van der Waals surface area contributed by atoms with E-state index in [-0.39, 0.29) is 4.99 Å². The van der Waals surface area contributed by atoms with Gasteiger partial charge in [-0.15, -0.1) is 0 Å². The second-order valence-corrected chi connectivity index (χ2v) is 3.65. The molecule has 4 nitrogen and oxygen atoms in total. The average Bonchev–Trinajstić information content (AvgIpc) is 2.02. The molecule has 0 saturated heterocycles. The van der Waals surface area contributed by atoms with E-state index in [0.29, 0.717) is 12.3 Å². The zero-order valence-electron chi connectivity index (χ0n) is 8.16. The monoisotopic (exact) mass is 204 g/mol. The Labute approximate surface area is 83.8 Å². The van der Waals surface area contributed by atoms with Crippen LogP contribution in [0.2, 0.25) is 0 Å². The molecule has 0 rings (SSSR count). The van der Waals surface area contributed by atoms with Gasteiger partial charge in [-0.3, -0.25) is 0 Å². The van der Waals surface area contributed by atoms with Crippen molar-refractivity contribution in [2.45, 2.75) is 26.4 Å². The van der Waals surface area contributed by atoms with E-state index in [1.54, 1.807) is 0 Å². The number of carbonyl (C=O) groups excluding carboxylic acids is 1. The number of ether oxygens (including phenoxy) is 1. The van der Waals surface area contributed by atoms with E-state index < -0.39 is 12.2 Å². The molecule has 0 bridgehead atoms. The molecule has 0 fully saturated rings. The van der Waals surface area contributed by atoms with Crippen molar-refractivity contribution in [3.63, 3.8) is 0 Å². The molecule has 3 N–H and O–H groups in total. The SMILES string of the molecule is CNC(=O)O[C@@H](CC(C)C)C(N)=S. The summed E-state index contributed by atoms with van der Waals surface area (Å²) in [4.78, 5) is 11.1. The van der Waals surface area contributed by atoms with Crippen LogP contribution in [0.4, 0.5) is 4.79 Å². The number of nitrogens with one attached hydrogen (secondary N) is 1. The van der Waals surface area contributed by atoms with E-state index in [2.05, 4.69) is 5.32 Å². The van der Waals surface area contributed by atoms with Gasteiger partial charge in [0.05, 0.1) is 0 Å². The van der Waals surface area contributed by atoms with Crippen LogP contribution in [0, 0.1) is 5.92 Å². The predicted octanol–water partition coefficient (Wildman–Crippen LogP) is 1.04. The summed E-state index contributed by atoms with van der Waals surface area (Å²) < 4.78 is 4.96. The van der Waals surface area contributed by atoms with Crippen LogP contribution >= 0.6 is 12.2 Å². The molecule has 13 heavy (non-hydrogen) atoms. The lowest BCUT2D eigenvalue weighted by Gasteiger charge is -2.17. The van der Waals surface area contributed by atoms with Crippen molar-refractivity contribution in [3.05, 3.63) is 0 Å². The van der Waals surface area contributed by atoms with Gasteiger partial charge in [-0.2, -0.15) is 0 Å². The van der Waals surface area contributed by atoms with Crippen molar-refractivity contribution in [3.8, 4) is 0 Å². The van der Waals surface area contributed by atoms with Crippen LogP contribution in [0.3, 0.4) is 0 Å². The van der Waals surface area contributed by atoms with Gasteiger partial charge in [-0.05, 0) is 12.3 Å². The molecule has 0 aromatic rings. The molecule has 0 aliphatic carbocycles. The number of nitrogens with two attached hydrogens (primary N) is 1. The Morgan fingerprint density at radius 2 is 2.15 bits per heavy atom. The van der Waals surface area contributed by atoms with E-state index in [1.165, 1.54) is 7.05 Å². The first-order chi connectivity index (χ1) is 5.97. The Bertz CT molecular complexity index is 195. The molecule has 0 aromatic heterocycles. The van der Waals surface area contributed by atoms with E-state index in [0.717, 1.165) is 0 Å². The van der Waals surface area contributed by atoms with Crippen molar-refractivity contribution in [2.75, 3.05) is 7.05 Å². The lowest BCUT2D eigenvalue weighted by Crippen LogP contribution is -2.35. The molecule has 0 aliphatic heterocycles. The molecule has 0 aliphatic rings. The minimum Gasteiger partial charge on any atom is -0.439 e. The van der Waals surface area contributed by atoms with Crippen molar-refractivity contribution < 1.29 is 9.53 Å². The maximum absolute atomic E-state index is 10.9. The molecule has 5 heteroatoms. The van der Waals surface area contributed by atoms with Gasteiger partial charge in [0, 0.05) is 7.05 Å². The smallest absolute Gasteiger partial charge is 0.407 e. The fourth-order valence-corrected chi connectivity index (χ4v) is 0.983. The first-order valence-corrected chi connectivity index (χ1v) is 4.55. The largest absolute Gasteiger partial charge is 0.439 e. The number of rotatable bonds is 4. The Hall–Kier alpha value is -0.840. The standard InChI is InChI=1S/C8H16N2O2S/c1-5(2)4-6(7(9)13)12-8(11)10-3/h5-6H,4H2,1-3H3,(H2,9,13)(H,10,11)/t6-/m0/s1. The number of hydrogen-bond donors (Lipinski definition) is 2. The number of alkyl carbamates (subject to hydrolysis) is 1. The number of amides is 1. The van der Waals surface area contributed by atoms with Crippen LogP contribution in [0.15, 0.2) is 0 Å². The summed E-state index contributed by atoms with van der Waals surface area (Å²) in [5.74, 6) is 0.385. The van der Waals surface area contributed by atoms with E-state index in [4.69, 9.17) is 22.7 Å². The highest BCUT2D eigenvalue weighted by Gasteiger charge is 2.17. The van der Waals surface area contributed by atoms with Crippen molar-refractivity contribution in [1.82, 2.24) is 5.32 Å². The van der Waals surface area contributed by atoms with Gasteiger partial charge in [-0.1, -0.05) is 26.1 Å². The zero-order chi connectivity index (χ0) is 10.4. The number of hydrogen-bond acceptors (Lipinski definition) is 3. The third-order valence-electron chi connectivity index (χ3n) is 1.46. The summed E-state index contributed by atoms with van der Waals surface area (Å²) in [6.07, 6.45) is -0.309. The van der Waals surface area contributed by atoms with Gasteiger partial charge in [0.15, 0.2) is 6.10 Å². The van der Waals surface area contributed by atoms with E-state index in [9.17, 15) is 4.79 Å². The topological polar surface area (TPSA) is 64.3 Å². The second kappa shape index (κ2) is 5.75. The average molecular weight is 204 g/mol. The molecular weight excluding hydrogens is 188 g/mol. The predicted molar refractivity (Wildman–Crippen MR) is 55.6 cm³/mol. The van der Waals surface area contributed by atoms with Crippen LogP contribution < -0.4 is 11.1 Å². The maximum atomic E-state index is 10.9. The fourth-order valence-electron chi connectivity index (χ4n) is 0.839. The van der Waals surface area contributed by atoms with Crippen LogP contribution in [0.1, 0.15) is 20.3 Å². The van der Waals surface area contributed by atoms with Gasteiger partial charge in [0.1, 0.15) is 4.99 Å². The highest BCUT2D eigenvalue weighted by molar-refractivity contribution is 7.80. The summed E-state index contributed by atoms with van der Waals surface area (Å²) in [6, 6.07) is 0. The number of thiocarbonyl (C=S) groups is 1. The minimum atomic E-state index is -0.501. The van der Waals surface area contributed by atoms with E-state index in [1.807, 2.05) is 13.8 Å². The maximum Gasteiger partial charge on any atom is 0.407 e. The summed E-state index contributed by atoms with van der Waals surface area (Å²) in [5.41, 5.74) is 5.41. The molecule has 0 saturated carbocycles. The minimum absolute atomic E-state index is 0.220. The third-order valence-corrected chi connectivity index (χ3v) is 1.72. The van der Waals surface area contributed by atoms with Gasteiger partial charge < -0.3 is 15.8 Å². The molecule has 0 heterocycles. The Morgan fingerprint density at radius 3 is 2.46 bits per heavy atom. The van der Waals surface area contributed by atoms with Crippen molar-refractivity contribution in [1.29, 1.82) is 0 Å². The lowest BCUT2D eigenvalue weighted by molar-refractivity contribution is 0.120. The molecule has 0 radical (unpaired) electrons. The highest BCUT2D eigenvalue weighted by Crippen LogP contribution is 2.08. The molecule has 1 amide bonds. The first kappa shape index (κ1) is 12.2. The molecule has 1 atom stereocenters. The quantitative estimate of drug-likeness (QED) is 0.672. The van der Waals surface area contributed by atoms with Crippen LogP contribution in [-0.2, 0) is 4.74 Å². The third kappa shape index (κ3) is 5.41. The Morgan fingerprint density at radius 1 is 1.62 bits per heavy atom. The van der Waals surface area contributed by atoms with Crippen LogP contribution in [0.25, 0.3) is 0 Å². The van der Waals surface area contributed by atoms with Crippen LogP contribution in [-0.4, -0.2) is 24.2 Å². The molecule has 76 valence electrons. The molecule has 0 aromatic carbocycles. The second-order valence-electron chi connectivity index (χ2n) is 3.18. The fraction of sp³-hybridized carbons (Fsp3) is 0.750. The van der Waals surface area contributed by atoms with Gasteiger partial charge in [-0.25, -0.2) is 4.79 Å². The van der Waals surface area contributed by atoms with Gasteiger partial charge in [0.2, 0.25) is 0 Å². The normalized spacial score (nSPS) is 12.3. The van der Waals surface area contributed by atoms with Crippen molar-refractivity contribution in [2.24, 2.45) is 11.7 Å². The summed E-state index contributed by atoms with van der Waals surface area (Å²) >= 11 is 4.77. The van der Waals surface area contributed by atoms with Gasteiger partial charge >= 0.3 is 6.09 Å².